The Labute approximate surface area is 115 Å². The predicted molar refractivity (Wildman–Crippen MR) is 77.8 cm³/mol. The summed E-state index contributed by atoms with van der Waals surface area (Å²) in [7, 11) is 0. The van der Waals surface area contributed by atoms with Crippen molar-refractivity contribution in [3.63, 3.8) is 0 Å². The molecule has 1 heterocycles. The summed E-state index contributed by atoms with van der Waals surface area (Å²) >= 11 is 0. The number of nitrogens with one attached hydrogen (secondary N) is 1. The summed E-state index contributed by atoms with van der Waals surface area (Å²) < 4.78 is 0. The first-order valence-corrected chi connectivity index (χ1v) is 7.02. The van der Waals surface area contributed by atoms with Crippen LogP contribution in [0.1, 0.15) is 31.7 Å². The molecule has 1 aliphatic heterocycles. The van der Waals surface area contributed by atoms with Crippen molar-refractivity contribution >= 4 is 11.6 Å². The largest absolute Gasteiger partial charge is 0.325 e. The molecule has 1 saturated heterocycles. The highest BCUT2D eigenvalue weighted by atomic mass is 16.1. The van der Waals surface area contributed by atoms with E-state index in [1.165, 1.54) is 31.4 Å². The number of carbonyl (C=O) groups excluding carboxylic acids is 1. The number of carbonyl (C=O) groups is 1. The van der Waals surface area contributed by atoms with Crippen molar-refractivity contribution < 1.29 is 4.79 Å². The van der Waals surface area contributed by atoms with E-state index in [-0.39, 0.29) is 12.5 Å². The van der Waals surface area contributed by atoms with Crippen LogP contribution in [0.5, 0.6) is 0 Å². The fourth-order valence-corrected chi connectivity index (χ4v) is 2.53. The average Bonchev–Trinajstić information content (AvgIpc) is 2.43. The molecule has 2 rings (SSSR count). The number of hydrogen-bond acceptors (Lipinski definition) is 3. The van der Waals surface area contributed by atoms with Crippen molar-refractivity contribution in [3.05, 3.63) is 29.8 Å². The molecule has 19 heavy (non-hydrogen) atoms. The van der Waals surface area contributed by atoms with Crippen LogP contribution in [0, 0.1) is 0 Å². The van der Waals surface area contributed by atoms with E-state index in [1.54, 1.807) is 0 Å². The Balaban J connectivity index is 1.92. The van der Waals surface area contributed by atoms with E-state index in [4.69, 9.17) is 5.73 Å². The zero-order chi connectivity index (χ0) is 13.7. The van der Waals surface area contributed by atoms with E-state index in [9.17, 15) is 4.79 Å². The summed E-state index contributed by atoms with van der Waals surface area (Å²) in [5, 5.41) is 2.75. The minimum atomic E-state index is -0.155. The van der Waals surface area contributed by atoms with Gasteiger partial charge in [0.15, 0.2) is 0 Å². The lowest BCUT2D eigenvalue weighted by molar-refractivity contribution is -0.114. The number of rotatable bonds is 4. The Morgan fingerprint density at radius 2 is 2.11 bits per heavy atom. The van der Waals surface area contributed by atoms with E-state index >= 15 is 0 Å². The molecule has 1 aromatic rings. The van der Waals surface area contributed by atoms with Gasteiger partial charge in [-0.15, -0.1) is 0 Å². The molecule has 3 N–H and O–H groups in total. The Hall–Kier alpha value is -1.39. The Morgan fingerprint density at radius 3 is 2.74 bits per heavy atom. The standard InChI is InChI=1S/C15H23N3O/c1-12-4-2-3-9-18(12)11-13-5-7-14(8-6-13)17-15(19)10-16/h5-8,12H,2-4,9-11,16H2,1H3,(H,17,19). The first-order valence-electron chi connectivity index (χ1n) is 7.02. The van der Waals surface area contributed by atoms with Gasteiger partial charge in [0.25, 0.3) is 0 Å². The van der Waals surface area contributed by atoms with E-state index in [0.717, 1.165) is 12.2 Å². The van der Waals surface area contributed by atoms with Crippen molar-refractivity contribution in [2.45, 2.75) is 38.8 Å². The Bertz CT molecular complexity index is 416. The van der Waals surface area contributed by atoms with Gasteiger partial charge in [-0.05, 0) is 44.0 Å². The van der Waals surface area contributed by atoms with Gasteiger partial charge < -0.3 is 11.1 Å². The molecule has 1 fully saturated rings. The van der Waals surface area contributed by atoms with Gasteiger partial charge in [0.2, 0.25) is 5.91 Å². The average molecular weight is 261 g/mol. The lowest BCUT2D eigenvalue weighted by Crippen LogP contribution is -2.36. The molecule has 0 spiro atoms. The lowest BCUT2D eigenvalue weighted by Gasteiger charge is -2.33. The fraction of sp³-hybridized carbons (Fsp3) is 0.533. The van der Waals surface area contributed by atoms with Crippen molar-refractivity contribution in [1.29, 1.82) is 0 Å². The second-order valence-corrected chi connectivity index (χ2v) is 5.26. The molecule has 0 aliphatic carbocycles. The minimum absolute atomic E-state index is 0.0209. The van der Waals surface area contributed by atoms with E-state index in [1.807, 2.05) is 12.1 Å². The Morgan fingerprint density at radius 1 is 1.37 bits per heavy atom. The van der Waals surface area contributed by atoms with Crippen LogP contribution in [-0.4, -0.2) is 29.9 Å². The molecule has 1 aromatic carbocycles. The lowest BCUT2D eigenvalue weighted by atomic mass is 10.0. The summed E-state index contributed by atoms with van der Waals surface area (Å²) in [6, 6.07) is 8.71. The van der Waals surface area contributed by atoms with E-state index < -0.39 is 0 Å². The first-order chi connectivity index (χ1) is 9.19. The molecule has 0 radical (unpaired) electrons. The maximum atomic E-state index is 11.2. The monoisotopic (exact) mass is 261 g/mol. The number of piperidine rings is 1. The van der Waals surface area contributed by atoms with Gasteiger partial charge >= 0.3 is 0 Å². The SMILES string of the molecule is CC1CCCCN1Cc1ccc(NC(=O)CN)cc1. The molecule has 1 amide bonds. The molecule has 1 atom stereocenters. The second kappa shape index (κ2) is 6.68. The van der Waals surface area contributed by atoms with E-state index in [2.05, 4.69) is 29.3 Å². The molecular formula is C15H23N3O. The molecule has 1 unspecified atom stereocenters. The molecule has 1 aliphatic rings. The minimum Gasteiger partial charge on any atom is -0.325 e. The fourth-order valence-electron chi connectivity index (χ4n) is 2.53. The third-order valence-corrected chi connectivity index (χ3v) is 3.75. The zero-order valence-corrected chi connectivity index (χ0v) is 11.6. The maximum Gasteiger partial charge on any atom is 0.238 e. The number of nitrogens with two attached hydrogens (primary N) is 1. The molecule has 0 aromatic heterocycles. The summed E-state index contributed by atoms with van der Waals surface area (Å²) in [5.41, 5.74) is 7.37. The summed E-state index contributed by atoms with van der Waals surface area (Å²) in [6.07, 6.45) is 3.95. The van der Waals surface area contributed by atoms with Crippen molar-refractivity contribution in [2.24, 2.45) is 5.73 Å². The van der Waals surface area contributed by atoms with Crippen LogP contribution in [0.2, 0.25) is 0 Å². The second-order valence-electron chi connectivity index (χ2n) is 5.26. The van der Waals surface area contributed by atoms with E-state index in [0.29, 0.717) is 6.04 Å². The van der Waals surface area contributed by atoms with Crippen LogP contribution >= 0.6 is 0 Å². The van der Waals surface area contributed by atoms with Gasteiger partial charge in [-0.3, -0.25) is 9.69 Å². The first kappa shape index (κ1) is 14.0. The van der Waals surface area contributed by atoms with Crippen LogP contribution in [0.4, 0.5) is 5.69 Å². The van der Waals surface area contributed by atoms with Crippen molar-refractivity contribution in [2.75, 3.05) is 18.4 Å². The van der Waals surface area contributed by atoms with Crippen molar-refractivity contribution in [1.82, 2.24) is 4.90 Å². The van der Waals surface area contributed by atoms with Crippen LogP contribution in [0.15, 0.2) is 24.3 Å². The topological polar surface area (TPSA) is 58.4 Å². The van der Waals surface area contributed by atoms with Crippen LogP contribution in [0.25, 0.3) is 0 Å². The molecular weight excluding hydrogens is 238 g/mol. The van der Waals surface area contributed by atoms with Crippen LogP contribution in [-0.2, 0) is 11.3 Å². The smallest absolute Gasteiger partial charge is 0.238 e. The number of hydrogen-bond donors (Lipinski definition) is 2. The number of amides is 1. The quantitative estimate of drug-likeness (QED) is 0.871. The maximum absolute atomic E-state index is 11.2. The van der Waals surface area contributed by atoms with Crippen molar-refractivity contribution in [3.8, 4) is 0 Å². The van der Waals surface area contributed by atoms with Crippen LogP contribution in [0.3, 0.4) is 0 Å². The summed E-state index contributed by atoms with van der Waals surface area (Å²) in [5.74, 6) is -0.155. The molecule has 0 saturated carbocycles. The highest BCUT2D eigenvalue weighted by Gasteiger charge is 2.17. The molecule has 104 valence electrons. The van der Waals surface area contributed by atoms with Crippen LogP contribution < -0.4 is 11.1 Å². The molecule has 4 nitrogen and oxygen atoms in total. The molecule has 4 heteroatoms. The number of likely N-dealkylation sites (tertiary alicyclic amines) is 1. The summed E-state index contributed by atoms with van der Waals surface area (Å²) in [4.78, 5) is 13.7. The van der Waals surface area contributed by atoms with Gasteiger partial charge in [0.1, 0.15) is 0 Å². The van der Waals surface area contributed by atoms with Gasteiger partial charge in [-0.25, -0.2) is 0 Å². The highest BCUT2D eigenvalue weighted by Crippen LogP contribution is 2.19. The normalized spacial score (nSPS) is 20.2. The number of benzene rings is 1. The Kier molecular flexibility index (Phi) is 4.93. The van der Waals surface area contributed by atoms with Gasteiger partial charge in [0.05, 0.1) is 6.54 Å². The third kappa shape index (κ3) is 4.04. The highest BCUT2D eigenvalue weighted by molar-refractivity contribution is 5.92. The predicted octanol–water partition coefficient (Wildman–Crippen LogP) is 1.96. The molecule has 0 bridgehead atoms. The summed E-state index contributed by atoms with van der Waals surface area (Å²) in [6.45, 7) is 4.50. The number of anilines is 1. The zero-order valence-electron chi connectivity index (χ0n) is 11.6. The van der Waals surface area contributed by atoms with Gasteiger partial charge in [-0.1, -0.05) is 18.6 Å². The third-order valence-electron chi connectivity index (χ3n) is 3.75. The number of nitrogens with zero attached hydrogens (tertiary/aromatic N) is 1. The van der Waals surface area contributed by atoms with Gasteiger partial charge in [0, 0.05) is 18.3 Å². The van der Waals surface area contributed by atoms with Gasteiger partial charge in [-0.2, -0.15) is 0 Å².